The molecule has 0 saturated heterocycles. The monoisotopic (exact) mass is 318 g/mol. The fourth-order valence-electron chi connectivity index (χ4n) is 1.77. The van der Waals surface area contributed by atoms with E-state index in [2.05, 4.69) is 27.3 Å². The summed E-state index contributed by atoms with van der Waals surface area (Å²) >= 11 is 3.44. The van der Waals surface area contributed by atoms with Gasteiger partial charge in [0.15, 0.2) is 0 Å². The Bertz CT molecular complexity index is 647. The zero-order chi connectivity index (χ0) is 13.8. The highest BCUT2D eigenvalue weighted by Crippen LogP contribution is 2.21. The zero-order valence-electron chi connectivity index (χ0n) is 10.4. The van der Waals surface area contributed by atoms with E-state index in [0.717, 1.165) is 15.7 Å². The lowest BCUT2D eigenvalue weighted by molar-refractivity contribution is 0.625. The predicted octanol–water partition coefficient (Wildman–Crippen LogP) is 4.38. The number of benzene rings is 2. The average molecular weight is 319 g/mol. The van der Waals surface area contributed by atoms with Gasteiger partial charge in [-0.1, -0.05) is 15.9 Å². The van der Waals surface area contributed by atoms with Crippen LogP contribution >= 0.6 is 15.9 Å². The summed E-state index contributed by atoms with van der Waals surface area (Å²) in [5, 5.41) is 12.2. The van der Waals surface area contributed by atoms with Crippen LogP contribution in [0.3, 0.4) is 0 Å². The number of anilines is 1. The Morgan fingerprint density at radius 3 is 2.74 bits per heavy atom. The summed E-state index contributed by atoms with van der Waals surface area (Å²) in [6.45, 7) is 2.42. The molecule has 0 aliphatic rings. The van der Waals surface area contributed by atoms with Crippen molar-refractivity contribution in [1.29, 1.82) is 5.26 Å². The molecule has 0 aromatic heterocycles. The van der Waals surface area contributed by atoms with Crippen LogP contribution in [0.2, 0.25) is 0 Å². The molecule has 0 heterocycles. The van der Waals surface area contributed by atoms with Crippen molar-refractivity contribution in [1.82, 2.24) is 0 Å². The largest absolute Gasteiger partial charge is 0.381 e. The summed E-state index contributed by atoms with van der Waals surface area (Å²) in [6.07, 6.45) is 0. The lowest BCUT2D eigenvalue weighted by Crippen LogP contribution is -2.02. The molecule has 96 valence electrons. The zero-order valence-corrected chi connectivity index (χ0v) is 12.0. The number of aryl methyl sites for hydroxylation is 1. The lowest BCUT2D eigenvalue weighted by atomic mass is 10.1. The van der Waals surface area contributed by atoms with Crippen molar-refractivity contribution in [2.45, 2.75) is 13.5 Å². The Kier molecular flexibility index (Phi) is 4.18. The van der Waals surface area contributed by atoms with E-state index in [1.54, 1.807) is 0 Å². The number of hydrogen-bond donors (Lipinski definition) is 1. The molecule has 19 heavy (non-hydrogen) atoms. The number of nitrogens with one attached hydrogen (secondary N) is 1. The maximum absolute atomic E-state index is 13.2. The van der Waals surface area contributed by atoms with E-state index in [0.29, 0.717) is 17.7 Å². The molecule has 0 aliphatic carbocycles. The summed E-state index contributed by atoms with van der Waals surface area (Å²) in [4.78, 5) is 0. The van der Waals surface area contributed by atoms with Crippen molar-refractivity contribution >= 4 is 21.6 Å². The molecule has 0 aliphatic heterocycles. The quantitative estimate of drug-likeness (QED) is 0.911. The van der Waals surface area contributed by atoms with Gasteiger partial charge in [-0.2, -0.15) is 5.26 Å². The van der Waals surface area contributed by atoms with Gasteiger partial charge in [-0.15, -0.1) is 0 Å². The minimum absolute atomic E-state index is 0.331. The van der Waals surface area contributed by atoms with Crippen molar-refractivity contribution in [3.63, 3.8) is 0 Å². The number of hydrogen-bond acceptors (Lipinski definition) is 2. The Balaban J connectivity index is 2.16. The third-order valence-corrected chi connectivity index (χ3v) is 3.72. The second-order valence-electron chi connectivity index (χ2n) is 4.23. The molecule has 2 aromatic rings. The van der Waals surface area contributed by atoms with E-state index in [1.165, 1.54) is 18.2 Å². The van der Waals surface area contributed by atoms with E-state index in [1.807, 2.05) is 25.1 Å². The Morgan fingerprint density at radius 1 is 1.26 bits per heavy atom. The third-order valence-electron chi connectivity index (χ3n) is 2.83. The molecule has 0 unspecified atom stereocenters. The van der Waals surface area contributed by atoms with Gasteiger partial charge < -0.3 is 5.32 Å². The first-order valence-corrected chi connectivity index (χ1v) is 6.58. The van der Waals surface area contributed by atoms with Gasteiger partial charge in [0, 0.05) is 16.7 Å². The van der Waals surface area contributed by atoms with Gasteiger partial charge in [0.05, 0.1) is 11.6 Å². The molecule has 0 radical (unpaired) electrons. The second-order valence-corrected chi connectivity index (χ2v) is 5.09. The van der Waals surface area contributed by atoms with Crippen LogP contribution in [-0.4, -0.2) is 0 Å². The fraction of sp³-hybridized carbons (Fsp3) is 0.133. The summed E-state index contributed by atoms with van der Waals surface area (Å²) in [5.41, 5.74) is 3.20. The van der Waals surface area contributed by atoms with Crippen LogP contribution in [0.15, 0.2) is 40.9 Å². The highest BCUT2D eigenvalue weighted by Gasteiger charge is 2.04. The van der Waals surface area contributed by atoms with E-state index in [-0.39, 0.29) is 5.82 Å². The van der Waals surface area contributed by atoms with Gasteiger partial charge in [-0.05, 0) is 54.4 Å². The number of halogens is 2. The highest BCUT2D eigenvalue weighted by molar-refractivity contribution is 9.10. The van der Waals surface area contributed by atoms with Gasteiger partial charge in [0.1, 0.15) is 5.82 Å². The first-order chi connectivity index (χ1) is 9.10. The van der Waals surface area contributed by atoms with E-state index < -0.39 is 0 Å². The molecule has 1 N–H and O–H groups in total. The summed E-state index contributed by atoms with van der Waals surface area (Å²) < 4.78 is 14.2. The third kappa shape index (κ3) is 3.33. The maximum Gasteiger partial charge on any atom is 0.123 e. The first kappa shape index (κ1) is 13.6. The Hall–Kier alpha value is -1.86. The van der Waals surface area contributed by atoms with Gasteiger partial charge in [-0.25, -0.2) is 4.39 Å². The van der Waals surface area contributed by atoms with Crippen LogP contribution < -0.4 is 5.32 Å². The van der Waals surface area contributed by atoms with Crippen molar-refractivity contribution in [3.8, 4) is 6.07 Å². The second kappa shape index (κ2) is 5.85. The number of nitriles is 1. The van der Waals surface area contributed by atoms with Crippen LogP contribution in [0.4, 0.5) is 10.1 Å². The van der Waals surface area contributed by atoms with Gasteiger partial charge in [0.25, 0.3) is 0 Å². The molecule has 0 bridgehead atoms. The van der Waals surface area contributed by atoms with Crippen LogP contribution in [0.1, 0.15) is 16.7 Å². The van der Waals surface area contributed by atoms with Crippen molar-refractivity contribution < 1.29 is 4.39 Å². The van der Waals surface area contributed by atoms with Gasteiger partial charge >= 0.3 is 0 Å². The molecule has 2 rings (SSSR count). The molecule has 2 nitrogen and oxygen atoms in total. The molecule has 0 amide bonds. The SMILES string of the molecule is Cc1cc(NCc2cc(F)ccc2C#N)ccc1Br. The summed E-state index contributed by atoms with van der Waals surface area (Å²) in [6, 6.07) is 12.1. The van der Waals surface area contributed by atoms with Gasteiger partial charge in [0.2, 0.25) is 0 Å². The maximum atomic E-state index is 13.2. The van der Waals surface area contributed by atoms with Crippen LogP contribution in [0.25, 0.3) is 0 Å². The van der Waals surface area contributed by atoms with E-state index in [9.17, 15) is 4.39 Å². The molecule has 0 fully saturated rings. The highest BCUT2D eigenvalue weighted by atomic mass is 79.9. The summed E-state index contributed by atoms with van der Waals surface area (Å²) in [7, 11) is 0. The lowest BCUT2D eigenvalue weighted by Gasteiger charge is -2.09. The van der Waals surface area contributed by atoms with Crippen molar-refractivity contribution in [3.05, 3.63) is 63.4 Å². The predicted molar refractivity (Wildman–Crippen MR) is 77.3 cm³/mol. The standard InChI is InChI=1S/C15H12BrFN2/c1-10-6-14(4-5-15(10)16)19-9-12-7-13(17)3-2-11(12)8-18/h2-7,19H,9H2,1H3. The average Bonchev–Trinajstić information content (AvgIpc) is 2.40. The van der Waals surface area contributed by atoms with Crippen molar-refractivity contribution in [2.24, 2.45) is 0 Å². The molecule has 0 atom stereocenters. The molecule has 4 heteroatoms. The molecular formula is C15H12BrFN2. The fourth-order valence-corrected chi connectivity index (χ4v) is 2.02. The molecule has 2 aromatic carbocycles. The normalized spacial score (nSPS) is 10.0. The topological polar surface area (TPSA) is 35.8 Å². The minimum atomic E-state index is -0.331. The summed E-state index contributed by atoms with van der Waals surface area (Å²) in [5.74, 6) is -0.331. The Morgan fingerprint density at radius 2 is 2.05 bits per heavy atom. The van der Waals surface area contributed by atoms with E-state index >= 15 is 0 Å². The number of rotatable bonds is 3. The molecule has 0 spiro atoms. The van der Waals surface area contributed by atoms with Crippen molar-refractivity contribution in [2.75, 3.05) is 5.32 Å². The number of nitrogens with zero attached hydrogens (tertiary/aromatic N) is 1. The Labute approximate surface area is 120 Å². The smallest absolute Gasteiger partial charge is 0.123 e. The first-order valence-electron chi connectivity index (χ1n) is 5.78. The van der Waals surface area contributed by atoms with Crippen LogP contribution in [0.5, 0.6) is 0 Å². The van der Waals surface area contributed by atoms with E-state index in [4.69, 9.17) is 5.26 Å². The minimum Gasteiger partial charge on any atom is -0.381 e. The van der Waals surface area contributed by atoms with Gasteiger partial charge in [-0.3, -0.25) is 0 Å². The van der Waals surface area contributed by atoms with Crippen LogP contribution in [0, 0.1) is 24.1 Å². The molecular weight excluding hydrogens is 307 g/mol. The molecule has 0 saturated carbocycles. The van der Waals surface area contributed by atoms with Crippen LogP contribution in [-0.2, 0) is 6.54 Å².